The lowest BCUT2D eigenvalue weighted by atomic mass is 9.94. The van der Waals surface area contributed by atoms with Gasteiger partial charge in [0.05, 0.1) is 6.61 Å². The van der Waals surface area contributed by atoms with Gasteiger partial charge in [0, 0.05) is 12.5 Å². The number of rotatable bonds is 5. The molecule has 0 saturated carbocycles. The Hall–Kier alpha value is -0.860. The van der Waals surface area contributed by atoms with E-state index in [1.807, 2.05) is 12.1 Å². The number of aliphatic hydroxyl groups is 2. The van der Waals surface area contributed by atoms with Crippen molar-refractivity contribution in [1.29, 1.82) is 0 Å². The van der Waals surface area contributed by atoms with E-state index < -0.39 is 0 Å². The van der Waals surface area contributed by atoms with Crippen LogP contribution in [0.5, 0.6) is 0 Å². The maximum atomic E-state index is 9.18. The Morgan fingerprint density at radius 1 is 1.00 bits per heavy atom. The van der Waals surface area contributed by atoms with Crippen LogP contribution in [0.1, 0.15) is 43.2 Å². The van der Waals surface area contributed by atoms with Crippen LogP contribution in [0.4, 0.5) is 0 Å². The van der Waals surface area contributed by atoms with Crippen LogP contribution in [0.25, 0.3) is 0 Å². The standard InChI is InChI=1S/C13H20O2/c1-10(2)11-3-5-12(6-4-11)13(9-15)7-8-14/h3-6,10,13-15H,7-9H2,1-2H3. The quantitative estimate of drug-likeness (QED) is 0.779. The fraction of sp³-hybridized carbons (Fsp3) is 0.538. The molecular formula is C13H20O2. The lowest BCUT2D eigenvalue weighted by molar-refractivity contribution is 0.220. The lowest BCUT2D eigenvalue weighted by Gasteiger charge is -2.14. The zero-order valence-corrected chi connectivity index (χ0v) is 9.48. The Morgan fingerprint density at radius 2 is 1.53 bits per heavy atom. The minimum Gasteiger partial charge on any atom is -0.396 e. The SMILES string of the molecule is CC(C)c1ccc(C(CO)CCO)cc1. The molecule has 0 bridgehead atoms. The van der Waals surface area contributed by atoms with Crippen LogP contribution in [0.15, 0.2) is 24.3 Å². The van der Waals surface area contributed by atoms with Crippen LogP contribution in [0.2, 0.25) is 0 Å². The highest BCUT2D eigenvalue weighted by Crippen LogP contribution is 2.21. The molecule has 0 aliphatic carbocycles. The Kier molecular flexibility index (Phi) is 4.79. The van der Waals surface area contributed by atoms with Crippen LogP contribution in [0, 0.1) is 0 Å². The van der Waals surface area contributed by atoms with E-state index in [9.17, 15) is 5.11 Å². The first-order valence-electron chi connectivity index (χ1n) is 5.50. The summed E-state index contributed by atoms with van der Waals surface area (Å²) in [4.78, 5) is 0. The van der Waals surface area contributed by atoms with Gasteiger partial charge in [-0.25, -0.2) is 0 Å². The van der Waals surface area contributed by atoms with Gasteiger partial charge in [-0.05, 0) is 23.5 Å². The van der Waals surface area contributed by atoms with Crippen LogP contribution >= 0.6 is 0 Å². The molecular weight excluding hydrogens is 188 g/mol. The van der Waals surface area contributed by atoms with E-state index in [4.69, 9.17) is 5.11 Å². The zero-order chi connectivity index (χ0) is 11.3. The molecule has 0 radical (unpaired) electrons. The van der Waals surface area contributed by atoms with E-state index in [2.05, 4.69) is 26.0 Å². The maximum absolute atomic E-state index is 9.18. The van der Waals surface area contributed by atoms with Crippen molar-refractivity contribution in [2.75, 3.05) is 13.2 Å². The van der Waals surface area contributed by atoms with Crippen molar-refractivity contribution in [3.05, 3.63) is 35.4 Å². The third-order valence-electron chi connectivity index (χ3n) is 2.77. The van der Waals surface area contributed by atoms with Gasteiger partial charge < -0.3 is 10.2 Å². The molecule has 1 unspecified atom stereocenters. The molecule has 0 aliphatic rings. The van der Waals surface area contributed by atoms with Crippen molar-refractivity contribution in [2.45, 2.75) is 32.1 Å². The highest BCUT2D eigenvalue weighted by Gasteiger charge is 2.09. The first kappa shape index (κ1) is 12.2. The molecule has 0 saturated heterocycles. The highest BCUT2D eigenvalue weighted by molar-refractivity contribution is 5.27. The number of aliphatic hydroxyl groups excluding tert-OH is 2. The summed E-state index contributed by atoms with van der Waals surface area (Å²) in [5.41, 5.74) is 2.41. The van der Waals surface area contributed by atoms with Crippen molar-refractivity contribution >= 4 is 0 Å². The normalized spacial score (nSPS) is 13.1. The van der Waals surface area contributed by atoms with Gasteiger partial charge in [-0.15, -0.1) is 0 Å². The molecule has 0 heterocycles. The van der Waals surface area contributed by atoms with Gasteiger partial charge in [0.2, 0.25) is 0 Å². The summed E-state index contributed by atoms with van der Waals surface area (Å²) in [7, 11) is 0. The van der Waals surface area contributed by atoms with Crippen LogP contribution < -0.4 is 0 Å². The van der Waals surface area contributed by atoms with Crippen molar-refractivity contribution in [3.63, 3.8) is 0 Å². The van der Waals surface area contributed by atoms with Gasteiger partial charge in [-0.3, -0.25) is 0 Å². The topological polar surface area (TPSA) is 40.5 Å². The van der Waals surface area contributed by atoms with Gasteiger partial charge in [-0.2, -0.15) is 0 Å². The van der Waals surface area contributed by atoms with Gasteiger partial charge in [0.25, 0.3) is 0 Å². The largest absolute Gasteiger partial charge is 0.396 e. The lowest BCUT2D eigenvalue weighted by Crippen LogP contribution is -2.06. The fourth-order valence-corrected chi connectivity index (χ4v) is 1.67. The second kappa shape index (κ2) is 5.89. The van der Waals surface area contributed by atoms with E-state index >= 15 is 0 Å². The molecule has 1 aromatic rings. The third-order valence-corrected chi connectivity index (χ3v) is 2.77. The molecule has 1 aromatic carbocycles. The molecule has 84 valence electrons. The highest BCUT2D eigenvalue weighted by atomic mass is 16.3. The van der Waals surface area contributed by atoms with Crippen molar-refractivity contribution < 1.29 is 10.2 Å². The van der Waals surface area contributed by atoms with E-state index in [1.54, 1.807) is 0 Å². The number of hydrogen-bond donors (Lipinski definition) is 2. The molecule has 0 spiro atoms. The molecule has 0 aliphatic heterocycles. The smallest absolute Gasteiger partial charge is 0.0500 e. The maximum Gasteiger partial charge on any atom is 0.0500 e. The van der Waals surface area contributed by atoms with Crippen LogP contribution in [0.3, 0.4) is 0 Å². The van der Waals surface area contributed by atoms with E-state index in [-0.39, 0.29) is 19.1 Å². The summed E-state index contributed by atoms with van der Waals surface area (Å²) in [6.45, 7) is 4.54. The van der Waals surface area contributed by atoms with Crippen LogP contribution in [-0.4, -0.2) is 23.4 Å². The van der Waals surface area contributed by atoms with Crippen molar-refractivity contribution in [3.8, 4) is 0 Å². The molecule has 2 nitrogen and oxygen atoms in total. The summed E-state index contributed by atoms with van der Waals surface area (Å²) in [5, 5.41) is 18.0. The van der Waals surface area contributed by atoms with Gasteiger partial charge in [0.15, 0.2) is 0 Å². The molecule has 0 fully saturated rings. The molecule has 0 aromatic heterocycles. The van der Waals surface area contributed by atoms with E-state index in [1.165, 1.54) is 5.56 Å². The Morgan fingerprint density at radius 3 is 1.93 bits per heavy atom. The minimum absolute atomic E-state index is 0.0659. The Labute approximate surface area is 91.6 Å². The molecule has 2 N–H and O–H groups in total. The van der Waals surface area contributed by atoms with Gasteiger partial charge in [0.1, 0.15) is 0 Å². The molecule has 15 heavy (non-hydrogen) atoms. The summed E-state index contributed by atoms with van der Waals surface area (Å²) < 4.78 is 0. The Balaban J connectivity index is 2.77. The number of hydrogen-bond acceptors (Lipinski definition) is 2. The Bertz CT molecular complexity index is 277. The van der Waals surface area contributed by atoms with Crippen molar-refractivity contribution in [2.24, 2.45) is 0 Å². The van der Waals surface area contributed by atoms with E-state index in [0.717, 1.165) is 5.56 Å². The fourth-order valence-electron chi connectivity index (χ4n) is 1.67. The predicted octanol–water partition coefficient (Wildman–Crippen LogP) is 2.27. The molecule has 1 rings (SSSR count). The van der Waals surface area contributed by atoms with E-state index in [0.29, 0.717) is 12.3 Å². The third kappa shape index (κ3) is 3.33. The average molecular weight is 208 g/mol. The average Bonchev–Trinajstić information content (AvgIpc) is 2.26. The van der Waals surface area contributed by atoms with Gasteiger partial charge >= 0.3 is 0 Å². The first-order valence-corrected chi connectivity index (χ1v) is 5.50. The van der Waals surface area contributed by atoms with Crippen molar-refractivity contribution in [1.82, 2.24) is 0 Å². The summed E-state index contributed by atoms with van der Waals surface area (Å²) >= 11 is 0. The summed E-state index contributed by atoms with van der Waals surface area (Å²) in [6, 6.07) is 8.29. The predicted molar refractivity (Wildman–Crippen MR) is 62.1 cm³/mol. The molecule has 1 atom stereocenters. The molecule has 2 heteroatoms. The van der Waals surface area contributed by atoms with Crippen LogP contribution in [-0.2, 0) is 0 Å². The molecule has 0 amide bonds. The van der Waals surface area contributed by atoms with Gasteiger partial charge in [-0.1, -0.05) is 38.1 Å². The number of benzene rings is 1. The first-order chi connectivity index (χ1) is 7.19. The minimum atomic E-state index is 0.0659. The second-order valence-corrected chi connectivity index (χ2v) is 4.21. The summed E-state index contributed by atoms with van der Waals surface area (Å²) in [5.74, 6) is 0.598. The summed E-state index contributed by atoms with van der Waals surface area (Å²) in [6.07, 6.45) is 0.623. The monoisotopic (exact) mass is 208 g/mol. The zero-order valence-electron chi connectivity index (χ0n) is 9.48. The second-order valence-electron chi connectivity index (χ2n) is 4.21.